The van der Waals surface area contributed by atoms with E-state index in [0.29, 0.717) is 0 Å². The van der Waals surface area contributed by atoms with Crippen LogP contribution >= 0.6 is 23.2 Å². The topological polar surface area (TPSA) is 38.3 Å². The molecule has 5 heteroatoms. The Morgan fingerprint density at radius 3 is 2.62 bits per heavy atom. The molecule has 0 saturated carbocycles. The number of halogens is 2. The maximum Gasteiger partial charge on any atom is 0.407 e. The molecule has 1 aromatic carbocycles. The fraction of sp³-hybridized carbons (Fsp3) is 0.182. The van der Waals surface area contributed by atoms with E-state index in [4.69, 9.17) is 27.9 Å². The van der Waals surface area contributed by atoms with Crippen LogP contribution in [0.25, 0.3) is 0 Å². The molecule has 0 aliphatic rings. The molecule has 3 nitrogen and oxygen atoms in total. The average molecular weight is 260 g/mol. The van der Waals surface area contributed by atoms with Crippen molar-refractivity contribution in [2.75, 3.05) is 6.54 Å². The number of benzene rings is 1. The van der Waals surface area contributed by atoms with Gasteiger partial charge in [-0.15, -0.1) is 0 Å². The predicted molar refractivity (Wildman–Crippen MR) is 64.4 cm³/mol. The fourth-order valence-electron chi connectivity index (χ4n) is 0.986. The Morgan fingerprint density at radius 2 is 2.00 bits per heavy atom. The number of amides is 1. The van der Waals surface area contributed by atoms with Crippen LogP contribution in [0.3, 0.4) is 0 Å². The van der Waals surface area contributed by atoms with Crippen LogP contribution in [0.15, 0.2) is 40.9 Å². The van der Waals surface area contributed by atoms with Crippen LogP contribution < -0.4 is 5.32 Å². The second kappa shape index (κ2) is 7.14. The van der Waals surface area contributed by atoms with Gasteiger partial charge in [-0.05, 0) is 11.6 Å². The van der Waals surface area contributed by atoms with E-state index in [9.17, 15) is 4.79 Å². The Balaban J connectivity index is 2.23. The third kappa shape index (κ3) is 5.63. The molecule has 1 rings (SSSR count). The summed E-state index contributed by atoms with van der Waals surface area (Å²) < 4.78 is 5.06. The second-order valence-electron chi connectivity index (χ2n) is 2.94. The van der Waals surface area contributed by atoms with Crippen LogP contribution in [0.4, 0.5) is 4.79 Å². The van der Waals surface area contributed by atoms with Crippen molar-refractivity contribution in [2.24, 2.45) is 0 Å². The van der Waals surface area contributed by atoms with E-state index < -0.39 is 6.09 Å². The van der Waals surface area contributed by atoms with Gasteiger partial charge in [0, 0.05) is 6.54 Å². The molecule has 0 unspecified atom stereocenters. The Kier molecular flexibility index (Phi) is 5.75. The van der Waals surface area contributed by atoms with Gasteiger partial charge in [-0.3, -0.25) is 0 Å². The van der Waals surface area contributed by atoms with Crippen molar-refractivity contribution in [3.05, 3.63) is 46.5 Å². The van der Waals surface area contributed by atoms with Gasteiger partial charge in [-0.2, -0.15) is 0 Å². The van der Waals surface area contributed by atoms with E-state index in [0.717, 1.165) is 5.56 Å². The number of rotatable bonds is 4. The van der Waals surface area contributed by atoms with Gasteiger partial charge in [0.05, 0.1) is 0 Å². The minimum absolute atomic E-state index is 0.114. The molecule has 0 radical (unpaired) electrons. The lowest BCUT2D eigenvalue weighted by Crippen LogP contribution is -2.24. The van der Waals surface area contributed by atoms with Gasteiger partial charge in [-0.25, -0.2) is 4.79 Å². The van der Waals surface area contributed by atoms with Gasteiger partial charge >= 0.3 is 6.09 Å². The molecule has 0 heterocycles. The molecule has 0 spiro atoms. The maximum absolute atomic E-state index is 11.1. The predicted octanol–water partition coefficient (Wildman–Crippen LogP) is 3.23. The lowest BCUT2D eigenvalue weighted by molar-refractivity contribution is 0.141. The highest BCUT2D eigenvalue weighted by molar-refractivity contribution is 6.55. The van der Waals surface area contributed by atoms with Crippen molar-refractivity contribution >= 4 is 29.3 Å². The summed E-state index contributed by atoms with van der Waals surface area (Å²) in [5, 5.41) is 2.48. The highest BCUT2D eigenvalue weighted by atomic mass is 35.5. The molecule has 0 fully saturated rings. The van der Waals surface area contributed by atoms with Crippen LogP contribution in [0.2, 0.25) is 0 Å². The minimum atomic E-state index is -0.505. The van der Waals surface area contributed by atoms with Crippen molar-refractivity contribution < 1.29 is 9.53 Å². The summed E-state index contributed by atoms with van der Waals surface area (Å²) in [5.74, 6) is 0. The number of nitrogens with one attached hydrogen (secondary N) is 1. The summed E-state index contributed by atoms with van der Waals surface area (Å²) in [6, 6.07) is 9.42. The maximum atomic E-state index is 11.1. The molecule has 16 heavy (non-hydrogen) atoms. The number of ether oxygens (including phenoxy) is 1. The first-order valence-corrected chi connectivity index (χ1v) is 5.40. The fourth-order valence-corrected chi connectivity index (χ4v) is 1.14. The van der Waals surface area contributed by atoms with E-state index in [1.165, 1.54) is 6.08 Å². The van der Waals surface area contributed by atoms with Crippen LogP contribution in [-0.4, -0.2) is 12.6 Å². The first-order valence-electron chi connectivity index (χ1n) is 4.64. The van der Waals surface area contributed by atoms with Gasteiger partial charge in [0.2, 0.25) is 0 Å². The van der Waals surface area contributed by atoms with E-state index in [-0.39, 0.29) is 17.6 Å². The molecule has 0 aliphatic carbocycles. The zero-order valence-corrected chi connectivity index (χ0v) is 9.96. The molecule has 0 bridgehead atoms. The van der Waals surface area contributed by atoms with E-state index in [1.54, 1.807) is 0 Å². The summed E-state index contributed by atoms with van der Waals surface area (Å²) in [4.78, 5) is 11.1. The Labute approximate surface area is 104 Å². The van der Waals surface area contributed by atoms with E-state index in [1.807, 2.05) is 30.3 Å². The van der Waals surface area contributed by atoms with Crippen LogP contribution in [0.5, 0.6) is 0 Å². The number of hydrogen-bond acceptors (Lipinski definition) is 2. The van der Waals surface area contributed by atoms with Gasteiger partial charge in [0.15, 0.2) is 0 Å². The van der Waals surface area contributed by atoms with Crippen molar-refractivity contribution in [1.82, 2.24) is 5.32 Å². The third-order valence-electron chi connectivity index (χ3n) is 1.72. The van der Waals surface area contributed by atoms with Crippen molar-refractivity contribution in [2.45, 2.75) is 6.61 Å². The molecule has 0 aromatic heterocycles. The zero-order valence-electron chi connectivity index (χ0n) is 8.45. The Morgan fingerprint density at radius 1 is 1.31 bits per heavy atom. The SMILES string of the molecule is O=C(NCC=C(Cl)Cl)OCc1ccccc1. The molecule has 0 aliphatic heterocycles. The summed E-state index contributed by atoms with van der Waals surface area (Å²) >= 11 is 10.7. The lowest BCUT2D eigenvalue weighted by atomic mass is 10.2. The number of alkyl carbamates (subject to hydrolysis) is 1. The monoisotopic (exact) mass is 259 g/mol. The van der Waals surface area contributed by atoms with Crippen LogP contribution in [0.1, 0.15) is 5.56 Å². The van der Waals surface area contributed by atoms with Gasteiger partial charge in [0.1, 0.15) is 11.1 Å². The second-order valence-corrected chi connectivity index (χ2v) is 3.94. The van der Waals surface area contributed by atoms with Gasteiger partial charge < -0.3 is 10.1 Å². The minimum Gasteiger partial charge on any atom is -0.445 e. The van der Waals surface area contributed by atoms with Crippen molar-refractivity contribution in [3.63, 3.8) is 0 Å². The molecule has 1 aromatic rings. The molecule has 0 atom stereocenters. The van der Waals surface area contributed by atoms with Crippen LogP contribution in [0, 0.1) is 0 Å². The standard InChI is InChI=1S/C11H11Cl2NO2/c12-10(13)6-7-14-11(15)16-8-9-4-2-1-3-5-9/h1-6H,7-8H2,(H,14,15). The highest BCUT2D eigenvalue weighted by Crippen LogP contribution is 2.04. The molecule has 1 amide bonds. The summed E-state index contributed by atoms with van der Waals surface area (Å²) in [7, 11) is 0. The first kappa shape index (κ1) is 12.9. The number of hydrogen-bond donors (Lipinski definition) is 1. The molecule has 0 saturated heterocycles. The van der Waals surface area contributed by atoms with Crippen LogP contribution in [-0.2, 0) is 11.3 Å². The molecule has 1 N–H and O–H groups in total. The Hall–Kier alpha value is -1.19. The molecular formula is C11H11Cl2NO2. The number of carbonyl (C=O) groups excluding carboxylic acids is 1. The first-order chi connectivity index (χ1) is 7.68. The quantitative estimate of drug-likeness (QED) is 0.902. The van der Waals surface area contributed by atoms with E-state index in [2.05, 4.69) is 5.32 Å². The Bertz CT molecular complexity index is 362. The summed E-state index contributed by atoms with van der Waals surface area (Å²) in [6.07, 6.45) is 0.960. The highest BCUT2D eigenvalue weighted by Gasteiger charge is 2.00. The number of carbonyl (C=O) groups is 1. The normalized spacial score (nSPS) is 9.38. The molecule has 86 valence electrons. The lowest BCUT2D eigenvalue weighted by Gasteiger charge is -2.04. The summed E-state index contributed by atoms with van der Waals surface area (Å²) in [6.45, 7) is 0.487. The average Bonchev–Trinajstić information content (AvgIpc) is 2.27. The largest absolute Gasteiger partial charge is 0.445 e. The smallest absolute Gasteiger partial charge is 0.407 e. The molecular weight excluding hydrogens is 249 g/mol. The van der Waals surface area contributed by atoms with Crippen molar-refractivity contribution in [3.8, 4) is 0 Å². The summed E-state index contributed by atoms with van der Waals surface area (Å²) in [5.41, 5.74) is 0.934. The van der Waals surface area contributed by atoms with Gasteiger partial charge in [0.25, 0.3) is 0 Å². The van der Waals surface area contributed by atoms with Crippen molar-refractivity contribution in [1.29, 1.82) is 0 Å². The van der Waals surface area contributed by atoms with Gasteiger partial charge in [-0.1, -0.05) is 53.5 Å². The van der Waals surface area contributed by atoms with E-state index >= 15 is 0 Å². The third-order valence-corrected chi connectivity index (χ3v) is 2.02. The zero-order chi connectivity index (χ0) is 11.8.